The van der Waals surface area contributed by atoms with Gasteiger partial charge in [0.1, 0.15) is 11.9 Å². The predicted octanol–water partition coefficient (Wildman–Crippen LogP) is 0.887. The average Bonchev–Trinajstić information content (AvgIpc) is 2.61. The van der Waals surface area contributed by atoms with E-state index < -0.39 is 0 Å². The Morgan fingerprint density at radius 2 is 1.48 bits per heavy atom. The number of nitrogens with one attached hydrogen (secondary N) is 1. The molecule has 0 saturated heterocycles. The summed E-state index contributed by atoms with van der Waals surface area (Å²) in [6.07, 6.45) is 1.05. The molecule has 3 aromatic carbocycles. The minimum absolute atomic E-state index is 0. The van der Waals surface area contributed by atoms with Crippen LogP contribution in [0.25, 0.3) is 10.8 Å². The van der Waals surface area contributed by atoms with Crippen LogP contribution in [0.3, 0.4) is 0 Å². The largest absolute Gasteiger partial charge is 1.00 e. The molecule has 2 unspecified atom stereocenters. The number of hydrogen-bond donors (Lipinski definition) is 1. The van der Waals surface area contributed by atoms with Crippen molar-refractivity contribution in [1.29, 1.82) is 0 Å². The van der Waals surface area contributed by atoms with E-state index >= 15 is 0 Å². The fraction of sp³-hybridized carbons (Fsp3) is 0.273. The van der Waals surface area contributed by atoms with Crippen molar-refractivity contribution in [3.8, 4) is 5.75 Å². The molecule has 0 aliphatic carbocycles. The van der Waals surface area contributed by atoms with Crippen LogP contribution in [0.5, 0.6) is 5.75 Å². The minimum Gasteiger partial charge on any atom is -1.00 e. The first-order valence-corrected chi connectivity index (χ1v) is 8.64. The first-order valence-electron chi connectivity index (χ1n) is 8.64. The Morgan fingerprint density at radius 3 is 2.16 bits per heavy atom. The van der Waals surface area contributed by atoms with Gasteiger partial charge in [0.05, 0.1) is 20.1 Å². The van der Waals surface area contributed by atoms with Crippen LogP contribution in [0.15, 0.2) is 72.8 Å². The van der Waals surface area contributed by atoms with Crippen molar-refractivity contribution in [1.82, 2.24) is 0 Å². The molecule has 3 rings (SSSR count). The highest BCUT2D eigenvalue weighted by atomic mass is 127. The molecule has 0 fully saturated rings. The standard InChI is InChI=1S/C22H25NO.HI/c1-17(23(2)3)15-22(19-10-5-4-6-11-19)24-21-14-13-18-9-7-8-12-20(18)16-21;/h4-14,16-17,22H,15H2,1-3H3;1H. The number of quaternary nitrogens is 1. The topological polar surface area (TPSA) is 13.7 Å². The lowest BCUT2D eigenvalue weighted by Crippen LogP contribution is -3.09. The van der Waals surface area contributed by atoms with Crippen molar-refractivity contribution in [2.75, 3.05) is 14.1 Å². The van der Waals surface area contributed by atoms with E-state index in [1.54, 1.807) is 0 Å². The van der Waals surface area contributed by atoms with E-state index in [0.29, 0.717) is 6.04 Å². The molecule has 0 aliphatic heterocycles. The van der Waals surface area contributed by atoms with Gasteiger partial charge < -0.3 is 33.6 Å². The Morgan fingerprint density at radius 1 is 0.840 bits per heavy atom. The van der Waals surface area contributed by atoms with Crippen LogP contribution in [-0.2, 0) is 0 Å². The molecule has 132 valence electrons. The molecule has 0 saturated carbocycles. The van der Waals surface area contributed by atoms with Crippen LogP contribution in [0.1, 0.15) is 25.0 Å². The van der Waals surface area contributed by atoms with Gasteiger partial charge in [0.25, 0.3) is 0 Å². The van der Waals surface area contributed by atoms with E-state index in [1.165, 1.54) is 21.2 Å². The molecule has 2 atom stereocenters. The van der Waals surface area contributed by atoms with Gasteiger partial charge in [0, 0.05) is 6.42 Å². The summed E-state index contributed by atoms with van der Waals surface area (Å²) >= 11 is 0. The lowest BCUT2D eigenvalue weighted by atomic mass is 10.0. The second kappa shape index (κ2) is 9.20. The zero-order valence-electron chi connectivity index (χ0n) is 15.1. The van der Waals surface area contributed by atoms with Crippen LogP contribution in [0.2, 0.25) is 0 Å². The summed E-state index contributed by atoms with van der Waals surface area (Å²) in [6, 6.07) is 25.8. The van der Waals surface area contributed by atoms with Gasteiger partial charge in [-0.15, -0.1) is 0 Å². The van der Waals surface area contributed by atoms with Gasteiger partial charge in [0.2, 0.25) is 0 Å². The Hall–Kier alpha value is -1.59. The SMILES string of the molecule is CC(CC(Oc1ccc2ccccc2c1)c1ccccc1)[NH+](C)C.[I-]. The van der Waals surface area contributed by atoms with Crippen LogP contribution < -0.4 is 33.6 Å². The highest BCUT2D eigenvalue weighted by molar-refractivity contribution is 5.83. The van der Waals surface area contributed by atoms with Crippen LogP contribution in [-0.4, -0.2) is 20.1 Å². The molecule has 0 radical (unpaired) electrons. The van der Waals surface area contributed by atoms with E-state index in [1.807, 2.05) is 0 Å². The lowest BCUT2D eigenvalue weighted by Gasteiger charge is -2.25. The van der Waals surface area contributed by atoms with Crippen molar-refractivity contribution in [2.24, 2.45) is 0 Å². The zero-order valence-corrected chi connectivity index (χ0v) is 17.2. The molecule has 2 nitrogen and oxygen atoms in total. The summed E-state index contributed by atoms with van der Waals surface area (Å²) in [7, 11) is 4.39. The Labute approximate surface area is 167 Å². The molecule has 0 aliphatic rings. The molecule has 0 spiro atoms. The van der Waals surface area contributed by atoms with Gasteiger partial charge in [0.15, 0.2) is 0 Å². The van der Waals surface area contributed by atoms with Crippen LogP contribution in [0, 0.1) is 0 Å². The van der Waals surface area contributed by atoms with E-state index in [0.717, 1.165) is 12.2 Å². The fourth-order valence-corrected chi connectivity index (χ4v) is 2.88. The maximum atomic E-state index is 6.42. The number of rotatable bonds is 6. The van der Waals surface area contributed by atoms with Crippen LogP contribution >= 0.6 is 0 Å². The third-order valence-corrected chi connectivity index (χ3v) is 4.72. The summed E-state index contributed by atoms with van der Waals surface area (Å²) in [5, 5.41) is 2.46. The molecule has 3 heteroatoms. The second-order valence-electron chi connectivity index (χ2n) is 6.74. The monoisotopic (exact) mass is 447 g/mol. The molecule has 0 amide bonds. The lowest BCUT2D eigenvalue weighted by molar-refractivity contribution is -0.884. The third kappa shape index (κ3) is 5.19. The van der Waals surface area contributed by atoms with Gasteiger partial charge >= 0.3 is 0 Å². The van der Waals surface area contributed by atoms with E-state index in [9.17, 15) is 0 Å². The number of fused-ring (bicyclic) bond motifs is 1. The molecular weight excluding hydrogens is 421 g/mol. The van der Waals surface area contributed by atoms with Crippen molar-refractivity contribution in [3.05, 3.63) is 78.4 Å². The molecule has 0 bridgehead atoms. The van der Waals surface area contributed by atoms with Crippen molar-refractivity contribution in [3.63, 3.8) is 0 Å². The molecular formula is C22H26INO. The minimum atomic E-state index is 0. The van der Waals surface area contributed by atoms with Crippen LogP contribution in [0.4, 0.5) is 0 Å². The first kappa shape index (κ1) is 19.7. The van der Waals surface area contributed by atoms with Crippen molar-refractivity contribution < 1.29 is 33.6 Å². The van der Waals surface area contributed by atoms with Gasteiger partial charge in [-0.3, -0.25) is 0 Å². The number of ether oxygens (including phenoxy) is 1. The fourth-order valence-electron chi connectivity index (χ4n) is 2.88. The Balaban J connectivity index is 0.00000225. The van der Waals surface area contributed by atoms with Gasteiger partial charge in [-0.1, -0.05) is 60.7 Å². The maximum absolute atomic E-state index is 6.42. The molecule has 25 heavy (non-hydrogen) atoms. The van der Waals surface area contributed by atoms with E-state index in [4.69, 9.17) is 4.74 Å². The Bertz CT molecular complexity index is 788. The Kier molecular flexibility index (Phi) is 7.26. The zero-order chi connectivity index (χ0) is 16.9. The normalized spacial score (nSPS) is 13.3. The summed E-state index contributed by atoms with van der Waals surface area (Å²) in [6.45, 7) is 2.27. The number of hydrogen-bond acceptors (Lipinski definition) is 1. The highest BCUT2D eigenvalue weighted by Crippen LogP contribution is 2.28. The second-order valence-corrected chi connectivity index (χ2v) is 6.74. The molecule has 3 aromatic rings. The summed E-state index contributed by atoms with van der Waals surface area (Å²) in [5.74, 6) is 0.934. The highest BCUT2D eigenvalue weighted by Gasteiger charge is 2.20. The summed E-state index contributed by atoms with van der Waals surface area (Å²) in [5.41, 5.74) is 1.23. The quantitative estimate of drug-likeness (QED) is 0.555. The predicted molar refractivity (Wildman–Crippen MR) is 101 cm³/mol. The molecule has 1 N–H and O–H groups in total. The first-order chi connectivity index (χ1) is 11.6. The number of halogens is 1. The van der Waals surface area contributed by atoms with Gasteiger partial charge in [-0.25, -0.2) is 0 Å². The smallest absolute Gasteiger partial charge is 0.129 e. The maximum Gasteiger partial charge on any atom is 0.129 e. The summed E-state index contributed by atoms with van der Waals surface area (Å²) in [4.78, 5) is 1.44. The van der Waals surface area contributed by atoms with Gasteiger partial charge in [-0.2, -0.15) is 0 Å². The van der Waals surface area contributed by atoms with E-state index in [-0.39, 0.29) is 30.1 Å². The average molecular weight is 447 g/mol. The summed E-state index contributed by atoms with van der Waals surface area (Å²) < 4.78 is 6.42. The molecule has 0 heterocycles. The van der Waals surface area contributed by atoms with Crippen molar-refractivity contribution in [2.45, 2.75) is 25.5 Å². The third-order valence-electron chi connectivity index (χ3n) is 4.72. The van der Waals surface area contributed by atoms with E-state index in [2.05, 4.69) is 93.8 Å². The molecule has 0 aromatic heterocycles. The number of benzene rings is 3. The van der Waals surface area contributed by atoms with Crippen molar-refractivity contribution >= 4 is 10.8 Å². The van der Waals surface area contributed by atoms with Gasteiger partial charge in [-0.05, 0) is 35.4 Å².